The van der Waals surface area contributed by atoms with Crippen molar-refractivity contribution in [3.05, 3.63) is 36.4 Å². The van der Waals surface area contributed by atoms with Gasteiger partial charge in [0.25, 0.3) is 0 Å². The molecule has 2 rings (SSSR count). The van der Waals surface area contributed by atoms with Gasteiger partial charge in [-0.2, -0.15) is 0 Å². The predicted octanol–water partition coefficient (Wildman–Crippen LogP) is 2.23. The van der Waals surface area contributed by atoms with E-state index in [1.807, 2.05) is 0 Å². The number of nitrogens with zero attached hydrogens (tertiary/aromatic N) is 3. The summed E-state index contributed by atoms with van der Waals surface area (Å²) in [4.78, 5) is 35.4. The number of pyridine rings is 1. The van der Waals surface area contributed by atoms with Crippen molar-refractivity contribution >= 4 is 12.1 Å². The third-order valence-electron chi connectivity index (χ3n) is 3.08. The number of ether oxygens (including phenoxy) is 3. The number of carbonyl (C=O) groups excluding carboxylic acids is 2. The van der Waals surface area contributed by atoms with Crippen LogP contribution in [0, 0.1) is 0 Å². The largest absolute Gasteiger partial charge is 0.476 e. The third-order valence-corrected chi connectivity index (χ3v) is 3.08. The maximum atomic E-state index is 11.5. The molecule has 0 aromatic carbocycles. The van der Waals surface area contributed by atoms with Gasteiger partial charge < -0.3 is 19.5 Å². The van der Waals surface area contributed by atoms with Crippen molar-refractivity contribution < 1.29 is 23.8 Å². The highest BCUT2D eigenvalue weighted by atomic mass is 16.6. The van der Waals surface area contributed by atoms with Crippen molar-refractivity contribution in [2.45, 2.75) is 26.4 Å². The molecular weight excluding hydrogens is 352 g/mol. The van der Waals surface area contributed by atoms with Crippen LogP contribution in [0.25, 0.3) is 11.3 Å². The Labute approximate surface area is 157 Å². The first-order valence-electron chi connectivity index (χ1n) is 8.25. The summed E-state index contributed by atoms with van der Waals surface area (Å²) in [6.45, 7) is 5.90. The van der Waals surface area contributed by atoms with E-state index in [2.05, 4.69) is 25.0 Å². The Morgan fingerprint density at radius 1 is 1.15 bits per heavy atom. The zero-order valence-electron chi connectivity index (χ0n) is 15.7. The Balaban J connectivity index is 1.87. The topological polar surface area (TPSA) is 113 Å². The van der Waals surface area contributed by atoms with Crippen molar-refractivity contribution in [3.63, 3.8) is 0 Å². The minimum Gasteiger partial charge on any atom is -0.476 e. The molecular formula is C18H22N4O5. The summed E-state index contributed by atoms with van der Waals surface area (Å²) in [5.41, 5.74) is 0.732. The molecule has 0 radical (unpaired) electrons. The summed E-state index contributed by atoms with van der Waals surface area (Å²) in [5, 5.41) is 2.59. The van der Waals surface area contributed by atoms with Crippen LogP contribution in [0.15, 0.2) is 30.7 Å². The van der Waals surface area contributed by atoms with Crippen molar-refractivity contribution in [1.29, 1.82) is 0 Å². The van der Waals surface area contributed by atoms with Crippen LogP contribution in [-0.2, 0) is 9.47 Å². The standard InChI is InChI=1S/C18H22N4O5/c1-18(2,3)27-17(24)20-7-8-26-15-6-5-12(9-21-15)13-10-19-11-14(22-13)16(23)25-4/h5-6,9-11H,7-8H2,1-4H3,(H,20,24). The van der Waals surface area contributed by atoms with Gasteiger partial charge in [0, 0.05) is 17.8 Å². The molecule has 9 nitrogen and oxygen atoms in total. The Kier molecular flexibility index (Phi) is 6.64. The first-order valence-corrected chi connectivity index (χ1v) is 8.25. The molecule has 2 aromatic rings. The molecule has 9 heteroatoms. The number of esters is 1. The Bertz CT molecular complexity index is 787. The highest BCUT2D eigenvalue weighted by Crippen LogP contribution is 2.18. The normalized spacial score (nSPS) is 10.8. The second-order valence-corrected chi connectivity index (χ2v) is 6.44. The molecule has 1 amide bonds. The van der Waals surface area contributed by atoms with Crippen molar-refractivity contribution in [2.75, 3.05) is 20.3 Å². The van der Waals surface area contributed by atoms with Gasteiger partial charge in [0.1, 0.15) is 12.2 Å². The van der Waals surface area contributed by atoms with Gasteiger partial charge in [0.2, 0.25) is 5.88 Å². The van der Waals surface area contributed by atoms with E-state index in [9.17, 15) is 9.59 Å². The minimum atomic E-state index is -0.560. The molecule has 2 aromatic heterocycles. The van der Waals surface area contributed by atoms with Crippen LogP contribution in [0.4, 0.5) is 4.79 Å². The second-order valence-electron chi connectivity index (χ2n) is 6.44. The van der Waals surface area contributed by atoms with E-state index >= 15 is 0 Å². The molecule has 0 unspecified atom stereocenters. The Hall–Kier alpha value is -3.23. The van der Waals surface area contributed by atoms with Crippen molar-refractivity contribution in [1.82, 2.24) is 20.3 Å². The lowest BCUT2D eigenvalue weighted by molar-refractivity contribution is 0.0518. The van der Waals surface area contributed by atoms with Crippen LogP contribution >= 0.6 is 0 Å². The molecule has 0 bridgehead atoms. The summed E-state index contributed by atoms with van der Waals surface area (Å²) in [6.07, 6.45) is 3.91. The Morgan fingerprint density at radius 3 is 2.56 bits per heavy atom. The number of carbonyl (C=O) groups is 2. The maximum absolute atomic E-state index is 11.5. The number of methoxy groups -OCH3 is 1. The van der Waals surface area contributed by atoms with Crippen LogP contribution in [0.5, 0.6) is 5.88 Å². The van der Waals surface area contributed by atoms with E-state index in [4.69, 9.17) is 9.47 Å². The van der Waals surface area contributed by atoms with Gasteiger partial charge in [-0.25, -0.2) is 19.6 Å². The number of hydrogen-bond donors (Lipinski definition) is 1. The van der Waals surface area contributed by atoms with Gasteiger partial charge in [0.05, 0.1) is 31.7 Å². The fourth-order valence-electron chi connectivity index (χ4n) is 1.95. The molecule has 0 atom stereocenters. The van der Waals surface area contributed by atoms with Gasteiger partial charge in [-0.05, 0) is 26.8 Å². The lowest BCUT2D eigenvalue weighted by Crippen LogP contribution is -2.34. The molecule has 0 aliphatic rings. The smallest absolute Gasteiger partial charge is 0.407 e. The van der Waals surface area contributed by atoms with Gasteiger partial charge >= 0.3 is 12.1 Å². The molecule has 0 aliphatic heterocycles. The van der Waals surface area contributed by atoms with Crippen LogP contribution in [-0.4, -0.2) is 52.9 Å². The van der Waals surface area contributed by atoms with Gasteiger partial charge in [0.15, 0.2) is 5.69 Å². The van der Waals surface area contributed by atoms with E-state index in [0.717, 1.165) is 0 Å². The zero-order valence-corrected chi connectivity index (χ0v) is 15.7. The average Bonchev–Trinajstić information content (AvgIpc) is 2.64. The van der Waals surface area contributed by atoms with Crippen LogP contribution in [0.1, 0.15) is 31.3 Å². The Morgan fingerprint density at radius 2 is 1.93 bits per heavy atom. The minimum absolute atomic E-state index is 0.114. The summed E-state index contributed by atoms with van der Waals surface area (Å²) in [6, 6.07) is 3.41. The fourth-order valence-corrected chi connectivity index (χ4v) is 1.95. The average molecular weight is 374 g/mol. The molecule has 27 heavy (non-hydrogen) atoms. The van der Waals surface area contributed by atoms with Crippen LogP contribution in [0.3, 0.4) is 0 Å². The number of hydrogen-bond acceptors (Lipinski definition) is 8. The van der Waals surface area contributed by atoms with Gasteiger partial charge in [-0.15, -0.1) is 0 Å². The molecule has 0 saturated heterocycles. The second kappa shape index (κ2) is 8.93. The number of aromatic nitrogens is 3. The molecule has 1 N–H and O–H groups in total. The first kappa shape index (κ1) is 20.1. The predicted molar refractivity (Wildman–Crippen MR) is 96.3 cm³/mol. The quantitative estimate of drug-likeness (QED) is 0.605. The van der Waals surface area contributed by atoms with Gasteiger partial charge in [-0.1, -0.05) is 0 Å². The lowest BCUT2D eigenvalue weighted by Gasteiger charge is -2.19. The third kappa shape index (κ3) is 6.53. The summed E-state index contributed by atoms with van der Waals surface area (Å²) in [7, 11) is 1.28. The SMILES string of the molecule is COC(=O)c1cncc(-c2ccc(OCCNC(=O)OC(C)(C)C)nc2)n1. The zero-order chi connectivity index (χ0) is 19.9. The van der Waals surface area contributed by atoms with E-state index in [1.54, 1.807) is 39.1 Å². The van der Waals surface area contributed by atoms with Crippen molar-refractivity contribution in [2.24, 2.45) is 0 Å². The molecule has 0 saturated carbocycles. The summed E-state index contributed by atoms with van der Waals surface area (Å²) in [5.74, 6) is -0.170. The molecule has 0 aliphatic carbocycles. The molecule has 144 valence electrons. The monoisotopic (exact) mass is 374 g/mol. The highest BCUT2D eigenvalue weighted by Gasteiger charge is 2.15. The number of amides is 1. The highest BCUT2D eigenvalue weighted by molar-refractivity contribution is 5.87. The molecule has 2 heterocycles. The van der Waals surface area contributed by atoms with Gasteiger partial charge in [-0.3, -0.25) is 4.98 Å². The number of rotatable bonds is 6. The van der Waals surface area contributed by atoms with E-state index in [0.29, 0.717) is 17.1 Å². The van der Waals surface area contributed by atoms with Crippen LogP contribution < -0.4 is 10.1 Å². The first-order chi connectivity index (χ1) is 12.8. The van der Waals surface area contributed by atoms with E-state index < -0.39 is 17.7 Å². The number of nitrogens with one attached hydrogen (secondary N) is 1. The molecule has 0 fully saturated rings. The molecule has 0 spiro atoms. The fraction of sp³-hybridized carbons (Fsp3) is 0.389. The summed E-state index contributed by atoms with van der Waals surface area (Å²) < 4.78 is 15.2. The van der Waals surface area contributed by atoms with Crippen molar-refractivity contribution in [3.8, 4) is 17.1 Å². The summed E-state index contributed by atoms with van der Waals surface area (Å²) >= 11 is 0. The lowest BCUT2D eigenvalue weighted by atomic mass is 10.2. The van der Waals surface area contributed by atoms with Crippen LogP contribution in [0.2, 0.25) is 0 Å². The number of alkyl carbamates (subject to hydrolysis) is 1. The van der Waals surface area contributed by atoms with E-state index in [-0.39, 0.29) is 18.8 Å². The maximum Gasteiger partial charge on any atom is 0.407 e. The van der Waals surface area contributed by atoms with E-state index in [1.165, 1.54) is 19.5 Å².